The van der Waals surface area contributed by atoms with Crippen LogP contribution in [0.15, 0.2) is 18.2 Å². The van der Waals surface area contributed by atoms with Crippen LogP contribution in [0.4, 0.5) is 18.9 Å². The van der Waals surface area contributed by atoms with Crippen LogP contribution in [0.5, 0.6) is 0 Å². The molecule has 1 aromatic rings. The number of anilines is 1. The van der Waals surface area contributed by atoms with Gasteiger partial charge in [-0.25, -0.2) is 4.79 Å². The maximum atomic E-state index is 10.6. The average molecular weight is 397 g/mol. The third-order valence-corrected chi connectivity index (χ3v) is 4.12. The van der Waals surface area contributed by atoms with Crippen LogP contribution >= 0.6 is 11.6 Å². The third-order valence-electron chi connectivity index (χ3n) is 3.88. The number of aliphatic carboxylic acids is 1. The molecule has 9 heteroatoms. The summed E-state index contributed by atoms with van der Waals surface area (Å²) in [4.78, 5) is 13.8. The molecule has 1 fully saturated rings. The minimum Gasteiger partial charge on any atom is -0.475 e. The molecule has 0 spiro atoms. The fourth-order valence-corrected chi connectivity index (χ4v) is 2.64. The summed E-state index contributed by atoms with van der Waals surface area (Å²) in [5.74, 6) is -2.76. The van der Waals surface area contributed by atoms with Crippen LogP contribution in [0.2, 0.25) is 5.02 Å². The van der Waals surface area contributed by atoms with E-state index in [-0.39, 0.29) is 0 Å². The Morgan fingerprint density at radius 2 is 1.85 bits per heavy atom. The molecule has 26 heavy (non-hydrogen) atoms. The highest BCUT2D eigenvalue weighted by atomic mass is 35.5. The predicted molar refractivity (Wildman–Crippen MR) is 95.0 cm³/mol. The van der Waals surface area contributed by atoms with Gasteiger partial charge in [0.15, 0.2) is 0 Å². The monoisotopic (exact) mass is 396 g/mol. The molecule has 5 nitrogen and oxygen atoms in total. The Hall–Kier alpha value is -1.51. The standard InChI is InChI=1S/C15H23ClN2O.C2HF3O2/c1-3-19-11-10-17-6-8-18(9-7-17)15-12-14(16)5-4-13(15)2;3-2(4,5)1(6)7/h4-5,12H,3,6-11H2,1-2H3;(H,6,7). The van der Waals surface area contributed by atoms with E-state index in [2.05, 4.69) is 28.9 Å². The molecule has 0 atom stereocenters. The number of carboxylic acids is 1. The van der Waals surface area contributed by atoms with E-state index in [1.807, 2.05) is 13.0 Å². The minimum absolute atomic E-state index is 0.807. The number of rotatable bonds is 5. The average Bonchev–Trinajstić information content (AvgIpc) is 2.58. The molecule has 0 amide bonds. The lowest BCUT2D eigenvalue weighted by molar-refractivity contribution is -0.192. The SMILES string of the molecule is CCOCCN1CCN(c2cc(Cl)ccc2C)CC1.O=C(O)C(F)(F)F. The predicted octanol–water partition coefficient (Wildman–Crippen LogP) is 3.44. The first kappa shape index (κ1) is 22.5. The fourth-order valence-electron chi connectivity index (χ4n) is 2.47. The molecular formula is C17H24ClF3N2O3. The Morgan fingerprint density at radius 1 is 1.27 bits per heavy atom. The quantitative estimate of drug-likeness (QED) is 0.773. The highest BCUT2D eigenvalue weighted by Gasteiger charge is 2.38. The Bertz CT molecular complexity index is 577. The van der Waals surface area contributed by atoms with Crippen molar-refractivity contribution in [2.24, 2.45) is 0 Å². The summed E-state index contributed by atoms with van der Waals surface area (Å²) in [6.07, 6.45) is -5.08. The lowest BCUT2D eigenvalue weighted by Gasteiger charge is -2.36. The van der Waals surface area contributed by atoms with Crippen molar-refractivity contribution in [1.29, 1.82) is 0 Å². The number of ether oxygens (including phenoxy) is 1. The fraction of sp³-hybridized carbons (Fsp3) is 0.588. The normalized spacial score (nSPS) is 15.4. The second-order valence-electron chi connectivity index (χ2n) is 5.76. The summed E-state index contributed by atoms with van der Waals surface area (Å²) in [6, 6.07) is 6.13. The van der Waals surface area contributed by atoms with Gasteiger partial charge in [0.2, 0.25) is 0 Å². The van der Waals surface area contributed by atoms with Crippen molar-refractivity contribution in [3.8, 4) is 0 Å². The number of hydrogen-bond donors (Lipinski definition) is 1. The smallest absolute Gasteiger partial charge is 0.475 e. The summed E-state index contributed by atoms with van der Waals surface area (Å²) in [6.45, 7) is 11.2. The second-order valence-corrected chi connectivity index (χ2v) is 6.20. The second kappa shape index (κ2) is 10.6. The molecule has 1 heterocycles. The van der Waals surface area contributed by atoms with Gasteiger partial charge in [-0.3, -0.25) is 4.90 Å². The van der Waals surface area contributed by atoms with E-state index in [4.69, 9.17) is 26.2 Å². The number of piperazine rings is 1. The molecule has 1 aromatic carbocycles. The zero-order chi connectivity index (χ0) is 19.7. The molecule has 1 aliphatic heterocycles. The number of aryl methyl sites for hydroxylation is 1. The van der Waals surface area contributed by atoms with Gasteiger partial charge in [0.25, 0.3) is 0 Å². The highest BCUT2D eigenvalue weighted by molar-refractivity contribution is 6.30. The van der Waals surface area contributed by atoms with Gasteiger partial charge in [-0.15, -0.1) is 0 Å². The van der Waals surface area contributed by atoms with Gasteiger partial charge in [-0.2, -0.15) is 13.2 Å². The minimum atomic E-state index is -5.08. The Kier molecular flexibility index (Phi) is 9.18. The largest absolute Gasteiger partial charge is 0.490 e. The van der Waals surface area contributed by atoms with Crippen molar-refractivity contribution in [1.82, 2.24) is 4.90 Å². The Labute approximate surface area is 156 Å². The van der Waals surface area contributed by atoms with Crippen molar-refractivity contribution in [3.63, 3.8) is 0 Å². The van der Waals surface area contributed by atoms with Crippen molar-refractivity contribution >= 4 is 23.3 Å². The van der Waals surface area contributed by atoms with Crippen molar-refractivity contribution in [2.45, 2.75) is 20.0 Å². The van der Waals surface area contributed by atoms with Gasteiger partial charge >= 0.3 is 12.1 Å². The van der Waals surface area contributed by atoms with E-state index in [1.165, 1.54) is 11.3 Å². The van der Waals surface area contributed by atoms with Crippen LogP contribution in [0.1, 0.15) is 12.5 Å². The number of alkyl halides is 3. The summed E-state index contributed by atoms with van der Waals surface area (Å²) >= 11 is 6.10. The molecule has 148 valence electrons. The van der Waals surface area contributed by atoms with Crippen LogP contribution in [0.25, 0.3) is 0 Å². The maximum Gasteiger partial charge on any atom is 0.490 e. The summed E-state index contributed by atoms with van der Waals surface area (Å²) in [5.41, 5.74) is 2.57. The van der Waals surface area contributed by atoms with Crippen LogP contribution in [0.3, 0.4) is 0 Å². The van der Waals surface area contributed by atoms with Crippen molar-refractivity contribution in [2.75, 3.05) is 50.8 Å². The van der Waals surface area contributed by atoms with E-state index < -0.39 is 12.1 Å². The number of nitrogens with zero attached hydrogens (tertiary/aromatic N) is 2. The molecular weight excluding hydrogens is 373 g/mol. The molecule has 1 N–H and O–H groups in total. The van der Waals surface area contributed by atoms with E-state index >= 15 is 0 Å². The van der Waals surface area contributed by atoms with Gasteiger partial charge in [-0.05, 0) is 31.5 Å². The lowest BCUT2D eigenvalue weighted by atomic mass is 10.1. The molecule has 0 saturated carbocycles. The zero-order valence-electron chi connectivity index (χ0n) is 14.9. The molecule has 1 aliphatic rings. The first-order valence-corrected chi connectivity index (χ1v) is 8.64. The summed E-state index contributed by atoms with van der Waals surface area (Å²) in [5, 5.41) is 7.94. The first-order valence-electron chi connectivity index (χ1n) is 8.26. The molecule has 0 unspecified atom stereocenters. The van der Waals surface area contributed by atoms with Gasteiger partial charge in [-0.1, -0.05) is 17.7 Å². The molecule has 0 aromatic heterocycles. The van der Waals surface area contributed by atoms with E-state index in [1.54, 1.807) is 0 Å². The molecule has 0 radical (unpaired) electrons. The molecule has 0 aliphatic carbocycles. The van der Waals surface area contributed by atoms with Gasteiger partial charge in [0.1, 0.15) is 0 Å². The Balaban J connectivity index is 0.000000412. The Morgan fingerprint density at radius 3 is 2.35 bits per heavy atom. The summed E-state index contributed by atoms with van der Waals surface area (Å²) in [7, 11) is 0. The van der Waals surface area contributed by atoms with E-state index in [0.29, 0.717) is 0 Å². The van der Waals surface area contributed by atoms with Crippen molar-refractivity contribution in [3.05, 3.63) is 28.8 Å². The number of benzene rings is 1. The van der Waals surface area contributed by atoms with Crippen molar-refractivity contribution < 1.29 is 27.8 Å². The maximum absolute atomic E-state index is 10.6. The highest BCUT2D eigenvalue weighted by Crippen LogP contribution is 2.25. The number of carboxylic acid groups (broad SMARTS) is 1. The molecule has 2 rings (SSSR count). The number of carbonyl (C=O) groups is 1. The van der Waals surface area contributed by atoms with Crippen LogP contribution in [0, 0.1) is 6.92 Å². The zero-order valence-corrected chi connectivity index (χ0v) is 15.6. The van der Waals surface area contributed by atoms with E-state index in [0.717, 1.165) is 51.0 Å². The number of hydrogen-bond acceptors (Lipinski definition) is 4. The van der Waals surface area contributed by atoms with Gasteiger partial charge < -0.3 is 14.7 Å². The number of halogens is 4. The first-order chi connectivity index (χ1) is 12.1. The van der Waals surface area contributed by atoms with Crippen LogP contribution in [-0.4, -0.2) is 68.1 Å². The third kappa shape index (κ3) is 7.80. The van der Waals surface area contributed by atoms with Gasteiger partial charge in [0.05, 0.1) is 6.61 Å². The van der Waals surface area contributed by atoms with Crippen LogP contribution < -0.4 is 4.90 Å². The lowest BCUT2D eigenvalue weighted by Crippen LogP contribution is -2.47. The topological polar surface area (TPSA) is 53.0 Å². The van der Waals surface area contributed by atoms with E-state index in [9.17, 15) is 13.2 Å². The molecule has 0 bridgehead atoms. The van der Waals surface area contributed by atoms with Gasteiger partial charge in [0, 0.05) is 50.0 Å². The molecule has 1 saturated heterocycles. The van der Waals surface area contributed by atoms with Crippen LogP contribution in [-0.2, 0) is 9.53 Å². The summed E-state index contributed by atoms with van der Waals surface area (Å²) < 4.78 is 37.1.